The molecular weight excluding hydrogens is 339 g/mol. The quantitative estimate of drug-likeness (QED) is 0.631. The van der Waals surface area contributed by atoms with Crippen molar-refractivity contribution in [1.29, 1.82) is 0 Å². The van der Waals surface area contributed by atoms with Crippen LogP contribution in [0.3, 0.4) is 0 Å². The van der Waals surface area contributed by atoms with Crippen molar-refractivity contribution in [3.05, 3.63) is 48.2 Å². The molecule has 0 bridgehead atoms. The molecule has 0 aliphatic rings. The Bertz CT molecular complexity index is 881. The van der Waals surface area contributed by atoms with Crippen molar-refractivity contribution < 1.29 is 13.9 Å². The van der Waals surface area contributed by atoms with Gasteiger partial charge in [0, 0.05) is 20.2 Å². The second-order valence-corrected chi connectivity index (χ2v) is 5.59. The van der Waals surface area contributed by atoms with Crippen LogP contribution in [0.1, 0.15) is 5.56 Å². The maximum atomic E-state index is 13.0. The van der Waals surface area contributed by atoms with Crippen molar-refractivity contribution in [3.63, 3.8) is 0 Å². The molecule has 0 unspecified atom stereocenters. The SMILES string of the molecule is COCC(=O)NCCn1ncc2c(NCc3ccc(F)cc3)ncnc21. The predicted octanol–water partition coefficient (Wildman–Crippen LogP) is 1.34. The Morgan fingerprint density at radius 1 is 1.27 bits per heavy atom. The fourth-order valence-electron chi connectivity index (χ4n) is 2.47. The minimum absolute atomic E-state index is 0.0273. The molecular formula is C17H19FN6O2. The zero-order chi connectivity index (χ0) is 18.4. The summed E-state index contributed by atoms with van der Waals surface area (Å²) in [5.41, 5.74) is 1.61. The second-order valence-electron chi connectivity index (χ2n) is 5.59. The second kappa shape index (κ2) is 8.34. The normalized spacial score (nSPS) is 10.8. The highest BCUT2D eigenvalue weighted by atomic mass is 19.1. The standard InChI is InChI=1S/C17H19FN6O2/c1-26-10-15(25)19-6-7-24-17-14(9-23-24)16(21-11-22-17)20-8-12-2-4-13(18)5-3-12/h2-5,9,11H,6-8,10H2,1H3,(H,19,25)(H,20,21,22). The van der Waals surface area contributed by atoms with Gasteiger partial charge in [0.25, 0.3) is 0 Å². The van der Waals surface area contributed by atoms with Gasteiger partial charge in [0.2, 0.25) is 5.91 Å². The van der Waals surface area contributed by atoms with Gasteiger partial charge in [-0.05, 0) is 17.7 Å². The van der Waals surface area contributed by atoms with E-state index in [9.17, 15) is 9.18 Å². The first-order valence-electron chi connectivity index (χ1n) is 8.08. The van der Waals surface area contributed by atoms with Crippen LogP contribution in [0.15, 0.2) is 36.8 Å². The summed E-state index contributed by atoms with van der Waals surface area (Å²) in [7, 11) is 1.47. The van der Waals surface area contributed by atoms with Crippen LogP contribution in [0.4, 0.5) is 10.2 Å². The van der Waals surface area contributed by atoms with Gasteiger partial charge in [-0.2, -0.15) is 5.10 Å². The topological polar surface area (TPSA) is 94.0 Å². The van der Waals surface area contributed by atoms with Gasteiger partial charge in [-0.15, -0.1) is 0 Å². The minimum Gasteiger partial charge on any atom is -0.375 e. The third-order valence-corrected chi connectivity index (χ3v) is 3.73. The van der Waals surface area contributed by atoms with Gasteiger partial charge < -0.3 is 15.4 Å². The summed E-state index contributed by atoms with van der Waals surface area (Å²) in [6, 6.07) is 6.27. The molecule has 1 aromatic carbocycles. The lowest BCUT2D eigenvalue weighted by molar-refractivity contribution is -0.124. The molecule has 0 aliphatic carbocycles. The smallest absolute Gasteiger partial charge is 0.246 e. The molecule has 3 rings (SSSR count). The molecule has 2 aromatic heterocycles. The number of aromatic nitrogens is 4. The number of benzene rings is 1. The first kappa shape index (κ1) is 17.7. The number of nitrogens with zero attached hydrogens (tertiary/aromatic N) is 4. The summed E-state index contributed by atoms with van der Waals surface area (Å²) in [5, 5.41) is 11.0. The number of carbonyl (C=O) groups is 1. The summed E-state index contributed by atoms with van der Waals surface area (Å²) in [4.78, 5) is 19.9. The molecule has 26 heavy (non-hydrogen) atoms. The van der Waals surface area contributed by atoms with Crippen LogP contribution in [-0.2, 0) is 22.6 Å². The van der Waals surface area contributed by atoms with E-state index in [4.69, 9.17) is 4.74 Å². The van der Waals surface area contributed by atoms with Crippen molar-refractivity contribution in [2.75, 3.05) is 25.6 Å². The molecule has 0 aliphatic heterocycles. The Kier molecular flexibility index (Phi) is 5.69. The molecule has 8 nitrogen and oxygen atoms in total. The number of hydrogen-bond donors (Lipinski definition) is 2. The number of amides is 1. The summed E-state index contributed by atoms with van der Waals surface area (Å²) >= 11 is 0. The molecule has 1 amide bonds. The number of methoxy groups -OCH3 is 1. The van der Waals surface area contributed by atoms with E-state index in [1.54, 1.807) is 23.0 Å². The van der Waals surface area contributed by atoms with Crippen LogP contribution in [0.25, 0.3) is 11.0 Å². The number of hydrogen-bond acceptors (Lipinski definition) is 6. The van der Waals surface area contributed by atoms with Crippen LogP contribution in [0, 0.1) is 5.82 Å². The number of rotatable bonds is 8. The van der Waals surface area contributed by atoms with E-state index < -0.39 is 0 Å². The van der Waals surface area contributed by atoms with Gasteiger partial charge in [0.05, 0.1) is 18.1 Å². The number of fused-ring (bicyclic) bond motifs is 1. The van der Waals surface area contributed by atoms with Crippen LogP contribution >= 0.6 is 0 Å². The predicted molar refractivity (Wildman–Crippen MR) is 93.9 cm³/mol. The van der Waals surface area contributed by atoms with E-state index in [2.05, 4.69) is 25.7 Å². The first-order chi connectivity index (χ1) is 12.7. The maximum Gasteiger partial charge on any atom is 0.246 e. The number of carbonyl (C=O) groups excluding carboxylic acids is 1. The number of halogens is 1. The van der Waals surface area contributed by atoms with Crippen LogP contribution in [0.2, 0.25) is 0 Å². The lowest BCUT2D eigenvalue weighted by atomic mass is 10.2. The minimum atomic E-state index is -0.267. The lowest BCUT2D eigenvalue weighted by Crippen LogP contribution is -2.30. The molecule has 2 N–H and O–H groups in total. The fourth-order valence-corrected chi connectivity index (χ4v) is 2.47. The van der Waals surface area contributed by atoms with E-state index >= 15 is 0 Å². The van der Waals surface area contributed by atoms with Crippen molar-refractivity contribution in [1.82, 2.24) is 25.1 Å². The molecule has 9 heteroatoms. The molecule has 0 saturated heterocycles. The third-order valence-electron chi connectivity index (χ3n) is 3.73. The van der Waals surface area contributed by atoms with E-state index in [0.29, 0.717) is 31.1 Å². The Morgan fingerprint density at radius 2 is 2.08 bits per heavy atom. The van der Waals surface area contributed by atoms with Gasteiger partial charge in [-0.3, -0.25) is 4.79 Å². The van der Waals surface area contributed by atoms with Gasteiger partial charge in [0.15, 0.2) is 5.65 Å². The highest BCUT2D eigenvalue weighted by molar-refractivity contribution is 5.86. The third kappa shape index (κ3) is 4.31. The highest BCUT2D eigenvalue weighted by Gasteiger charge is 2.10. The van der Waals surface area contributed by atoms with Gasteiger partial charge in [0.1, 0.15) is 24.6 Å². The number of nitrogens with one attached hydrogen (secondary N) is 2. The molecule has 0 fully saturated rings. The molecule has 136 valence electrons. The van der Waals surface area contributed by atoms with Crippen LogP contribution < -0.4 is 10.6 Å². The van der Waals surface area contributed by atoms with Crippen LogP contribution in [-0.4, -0.2) is 45.9 Å². The lowest BCUT2D eigenvalue weighted by Gasteiger charge is -2.08. The maximum absolute atomic E-state index is 13.0. The Hall–Kier alpha value is -3.07. The molecule has 0 spiro atoms. The average molecular weight is 358 g/mol. The summed E-state index contributed by atoms with van der Waals surface area (Å²) in [5.74, 6) is 0.200. The van der Waals surface area contributed by atoms with E-state index in [1.165, 1.54) is 25.6 Å². The van der Waals surface area contributed by atoms with E-state index in [-0.39, 0.29) is 18.3 Å². The summed E-state index contributed by atoms with van der Waals surface area (Å²) in [6.45, 7) is 1.43. The van der Waals surface area contributed by atoms with Crippen molar-refractivity contribution >= 4 is 22.8 Å². The zero-order valence-electron chi connectivity index (χ0n) is 14.3. The van der Waals surface area contributed by atoms with Gasteiger partial charge >= 0.3 is 0 Å². The van der Waals surface area contributed by atoms with Gasteiger partial charge in [-0.25, -0.2) is 19.0 Å². The molecule has 0 radical (unpaired) electrons. The van der Waals surface area contributed by atoms with E-state index in [0.717, 1.165) is 10.9 Å². The Balaban J connectivity index is 1.66. The van der Waals surface area contributed by atoms with Crippen molar-refractivity contribution in [2.45, 2.75) is 13.1 Å². The monoisotopic (exact) mass is 358 g/mol. The summed E-state index contributed by atoms with van der Waals surface area (Å²) in [6.07, 6.45) is 3.14. The van der Waals surface area contributed by atoms with Gasteiger partial charge in [-0.1, -0.05) is 12.1 Å². The Labute approximate surface area is 149 Å². The van der Waals surface area contributed by atoms with Crippen LogP contribution in [0.5, 0.6) is 0 Å². The number of anilines is 1. The zero-order valence-corrected chi connectivity index (χ0v) is 14.3. The Morgan fingerprint density at radius 3 is 2.85 bits per heavy atom. The average Bonchev–Trinajstić information content (AvgIpc) is 3.05. The number of ether oxygens (including phenoxy) is 1. The van der Waals surface area contributed by atoms with E-state index in [1.807, 2.05) is 0 Å². The molecule has 0 saturated carbocycles. The van der Waals surface area contributed by atoms with Crippen molar-refractivity contribution in [3.8, 4) is 0 Å². The molecule has 2 heterocycles. The van der Waals surface area contributed by atoms with Crippen molar-refractivity contribution in [2.24, 2.45) is 0 Å². The molecule has 3 aromatic rings. The highest BCUT2D eigenvalue weighted by Crippen LogP contribution is 2.19. The fraction of sp³-hybridized carbons (Fsp3) is 0.294. The molecule has 0 atom stereocenters. The summed E-state index contributed by atoms with van der Waals surface area (Å²) < 4.78 is 19.4. The first-order valence-corrected chi connectivity index (χ1v) is 8.08. The largest absolute Gasteiger partial charge is 0.375 e.